The number of carbonyl (C=O) groups excluding carboxylic acids is 3. The zero-order chi connectivity index (χ0) is 21.0. The van der Waals surface area contributed by atoms with Crippen LogP contribution in [0.25, 0.3) is 0 Å². The highest BCUT2D eigenvalue weighted by atomic mass is 16.5. The van der Waals surface area contributed by atoms with E-state index in [0.717, 1.165) is 4.90 Å². The molecule has 1 aromatic heterocycles. The Morgan fingerprint density at radius 3 is 2.34 bits per heavy atom. The van der Waals surface area contributed by atoms with E-state index in [-0.39, 0.29) is 36.8 Å². The highest BCUT2D eigenvalue weighted by molar-refractivity contribution is 6.06. The summed E-state index contributed by atoms with van der Waals surface area (Å²) >= 11 is 0. The molecular weight excluding hydrogens is 378 g/mol. The average molecular weight is 399 g/mol. The second kappa shape index (κ2) is 8.61. The summed E-state index contributed by atoms with van der Waals surface area (Å²) in [5.41, 5.74) is 5.61. The summed E-state index contributed by atoms with van der Waals surface area (Å²) in [5, 5.41) is 4.83. The molecule has 0 radical (unpaired) electrons. The number of aliphatic imine (C=N–C) groups is 1. The number of nitrogens with zero attached hydrogens (tertiary/aromatic N) is 4. The Morgan fingerprint density at radius 2 is 1.79 bits per heavy atom. The third-order valence-electron chi connectivity index (χ3n) is 4.61. The van der Waals surface area contributed by atoms with Crippen LogP contribution in [0.4, 0.5) is 10.7 Å². The third-order valence-corrected chi connectivity index (χ3v) is 4.61. The van der Waals surface area contributed by atoms with Crippen LogP contribution in [0.3, 0.4) is 0 Å². The second-order valence-electron chi connectivity index (χ2n) is 6.34. The topological polar surface area (TPSA) is 152 Å². The van der Waals surface area contributed by atoms with Crippen LogP contribution in [0.15, 0.2) is 48.8 Å². The van der Waals surface area contributed by atoms with Gasteiger partial charge < -0.3 is 15.8 Å². The zero-order valence-electron chi connectivity index (χ0n) is 15.5. The molecule has 0 saturated carbocycles. The number of likely N-dealkylation sites (tertiary alicyclic amines) is 1. The van der Waals surface area contributed by atoms with E-state index in [2.05, 4.69) is 38.8 Å². The summed E-state index contributed by atoms with van der Waals surface area (Å²) in [6, 6.07) is 0.975. The number of urea groups is 1. The monoisotopic (exact) mass is 399 g/mol. The predicted molar refractivity (Wildman–Crippen MR) is 103 cm³/mol. The van der Waals surface area contributed by atoms with Gasteiger partial charge in [0.15, 0.2) is 0 Å². The lowest BCUT2D eigenvalue weighted by atomic mass is 9.89. The second-order valence-corrected chi connectivity index (χ2v) is 6.34. The molecule has 0 bridgehead atoms. The molecule has 1 aromatic rings. The number of nitrogens with two attached hydrogens (primary N) is 1. The number of imide groups is 1. The highest BCUT2D eigenvalue weighted by Gasteiger charge is 2.58. The first-order chi connectivity index (χ1) is 14.0. The summed E-state index contributed by atoms with van der Waals surface area (Å²) < 4.78 is 5.63. The lowest BCUT2D eigenvalue weighted by Gasteiger charge is -2.19. The highest BCUT2D eigenvalue weighted by Crippen LogP contribution is 2.41. The first-order valence-electron chi connectivity index (χ1n) is 8.88. The van der Waals surface area contributed by atoms with Gasteiger partial charge in [-0.3, -0.25) is 19.8 Å². The zero-order valence-corrected chi connectivity index (χ0v) is 15.5. The number of fused-ring (bicyclic) bond motifs is 1. The molecule has 4 atom stereocenters. The summed E-state index contributed by atoms with van der Waals surface area (Å²) in [5.74, 6) is -2.04. The first kappa shape index (κ1) is 20.1. The Morgan fingerprint density at radius 1 is 1.21 bits per heavy atom. The summed E-state index contributed by atoms with van der Waals surface area (Å²) in [6.07, 6.45) is 4.91. The maximum Gasteiger partial charge on any atom is 0.321 e. The fraction of sp³-hybridized carbons (Fsp3) is 0.333. The van der Waals surface area contributed by atoms with Gasteiger partial charge in [-0.15, -0.1) is 13.2 Å². The maximum atomic E-state index is 12.6. The van der Waals surface area contributed by atoms with Crippen molar-refractivity contribution in [3.05, 3.63) is 43.8 Å². The van der Waals surface area contributed by atoms with Gasteiger partial charge in [-0.2, -0.15) is 4.99 Å². The van der Waals surface area contributed by atoms with Crippen molar-refractivity contribution in [1.82, 2.24) is 25.5 Å². The Bertz CT molecular complexity index is 825. The van der Waals surface area contributed by atoms with Crippen molar-refractivity contribution < 1.29 is 19.1 Å². The molecule has 3 rings (SSSR count). The summed E-state index contributed by atoms with van der Waals surface area (Å²) in [7, 11) is 0. The molecule has 11 heteroatoms. The molecule has 2 fully saturated rings. The van der Waals surface area contributed by atoms with Gasteiger partial charge in [0.2, 0.25) is 17.8 Å². The molecule has 2 aliphatic heterocycles. The minimum Gasteiger partial charge on any atom is -0.369 e. The number of ether oxygens (including phenoxy) is 1. The van der Waals surface area contributed by atoms with Crippen molar-refractivity contribution in [1.29, 1.82) is 0 Å². The quantitative estimate of drug-likeness (QED) is 0.251. The predicted octanol–water partition coefficient (Wildman–Crippen LogP) is -0.537. The Kier molecular flexibility index (Phi) is 5.98. The van der Waals surface area contributed by atoms with Gasteiger partial charge in [-0.1, -0.05) is 12.2 Å². The maximum absolute atomic E-state index is 12.6. The fourth-order valence-corrected chi connectivity index (χ4v) is 3.37. The number of rotatable bonds is 6. The Hall–Kier alpha value is -3.60. The summed E-state index contributed by atoms with van der Waals surface area (Å²) in [4.78, 5) is 49.9. The lowest BCUT2D eigenvalue weighted by Crippen LogP contribution is -2.46. The molecule has 2 saturated heterocycles. The van der Waals surface area contributed by atoms with Crippen LogP contribution < -0.4 is 16.4 Å². The van der Waals surface area contributed by atoms with Gasteiger partial charge in [-0.25, -0.2) is 14.8 Å². The lowest BCUT2D eigenvalue weighted by molar-refractivity contribution is -0.142. The van der Waals surface area contributed by atoms with E-state index in [1.807, 2.05) is 0 Å². The first-order valence-corrected chi connectivity index (χ1v) is 8.88. The van der Waals surface area contributed by atoms with E-state index in [0.29, 0.717) is 0 Å². The Balaban J connectivity index is 1.53. The number of amides is 4. The number of aromatic nitrogens is 2. The van der Waals surface area contributed by atoms with Gasteiger partial charge >= 0.3 is 6.03 Å². The molecule has 4 unspecified atom stereocenters. The molecule has 4 amide bonds. The largest absolute Gasteiger partial charge is 0.369 e. The van der Waals surface area contributed by atoms with Gasteiger partial charge in [0.1, 0.15) is 0 Å². The van der Waals surface area contributed by atoms with Crippen LogP contribution in [-0.4, -0.2) is 64.0 Å². The van der Waals surface area contributed by atoms with E-state index in [4.69, 9.17) is 10.5 Å². The molecular formula is C18H21N7O4. The number of nitrogens with one attached hydrogen (secondary N) is 2. The molecule has 0 aliphatic carbocycles. The Labute approximate surface area is 166 Å². The van der Waals surface area contributed by atoms with E-state index < -0.39 is 30.1 Å². The minimum absolute atomic E-state index is 0.0185. The molecule has 0 aromatic carbocycles. The van der Waals surface area contributed by atoms with Gasteiger partial charge in [0.05, 0.1) is 24.0 Å². The molecule has 3 heterocycles. The molecule has 0 spiro atoms. The van der Waals surface area contributed by atoms with Crippen molar-refractivity contribution in [2.45, 2.75) is 12.2 Å². The third kappa shape index (κ3) is 4.14. The number of guanidine groups is 1. The van der Waals surface area contributed by atoms with Crippen molar-refractivity contribution >= 4 is 29.8 Å². The van der Waals surface area contributed by atoms with E-state index in [1.54, 1.807) is 6.07 Å². The standard InChI is InChI=1S/C18H21N7O4/c1-3-10-12-13(11(4-2)29-10)15(27)25(14(12)26)9-8-22-18(28)24-16(19)23-17-20-6-5-7-21-17/h3-7,10-13H,1-2,8-9H2,(H4,19,20,21,22,23,24,28). The number of hydrogen-bond donors (Lipinski definition) is 3. The van der Waals surface area contributed by atoms with Crippen molar-refractivity contribution in [3.63, 3.8) is 0 Å². The molecule has 11 nitrogen and oxygen atoms in total. The number of carbonyl (C=O) groups is 3. The SMILES string of the molecule is C=CC1OC(C=C)C2C(=O)N(CCNC(=O)N/C(N)=N/c3ncccn3)C(=O)C12. The van der Waals surface area contributed by atoms with Crippen molar-refractivity contribution in [2.75, 3.05) is 13.1 Å². The smallest absolute Gasteiger partial charge is 0.321 e. The van der Waals surface area contributed by atoms with E-state index in [9.17, 15) is 14.4 Å². The molecule has 29 heavy (non-hydrogen) atoms. The fourth-order valence-electron chi connectivity index (χ4n) is 3.37. The molecule has 2 aliphatic rings. The summed E-state index contributed by atoms with van der Waals surface area (Å²) in [6.45, 7) is 7.38. The van der Waals surface area contributed by atoms with E-state index in [1.165, 1.54) is 24.5 Å². The minimum atomic E-state index is -0.641. The van der Waals surface area contributed by atoms with Crippen LogP contribution >= 0.6 is 0 Å². The molecule has 4 N–H and O–H groups in total. The normalized spacial score (nSPS) is 26.2. The molecule has 152 valence electrons. The van der Waals surface area contributed by atoms with Gasteiger partial charge in [0.25, 0.3) is 5.95 Å². The van der Waals surface area contributed by atoms with Crippen LogP contribution in [-0.2, 0) is 14.3 Å². The van der Waals surface area contributed by atoms with Gasteiger partial charge in [0, 0.05) is 25.5 Å². The van der Waals surface area contributed by atoms with Crippen molar-refractivity contribution in [2.24, 2.45) is 22.6 Å². The van der Waals surface area contributed by atoms with Crippen molar-refractivity contribution in [3.8, 4) is 0 Å². The average Bonchev–Trinajstić information content (AvgIpc) is 3.20. The van der Waals surface area contributed by atoms with Crippen LogP contribution in [0, 0.1) is 11.8 Å². The van der Waals surface area contributed by atoms with Crippen LogP contribution in [0.1, 0.15) is 0 Å². The van der Waals surface area contributed by atoms with Crippen LogP contribution in [0.5, 0.6) is 0 Å². The van der Waals surface area contributed by atoms with Gasteiger partial charge in [-0.05, 0) is 6.07 Å². The van der Waals surface area contributed by atoms with Crippen LogP contribution in [0.2, 0.25) is 0 Å². The number of hydrogen-bond acceptors (Lipinski definition) is 7. The van der Waals surface area contributed by atoms with E-state index >= 15 is 0 Å².